The van der Waals surface area contributed by atoms with Crippen LogP contribution in [0.4, 0.5) is 14.7 Å². The van der Waals surface area contributed by atoms with Gasteiger partial charge in [0.05, 0.1) is 29.6 Å². The van der Waals surface area contributed by atoms with Crippen molar-refractivity contribution >= 4 is 18.1 Å². The first kappa shape index (κ1) is 20.9. The van der Waals surface area contributed by atoms with Gasteiger partial charge in [-0.15, -0.1) is 0 Å². The number of hydrogen-bond acceptors (Lipinski definition) is 7. The molecule has 1 fully saturated rings. The van der Waals surface area contributed by atoms with Crippen LogP contribution in [0.15, 0.2) is 41.3 Å². The highest BCUT2D eigenvalue weighted by molar-refractivity contribution is 5.95. The number of nitriles is 1. The monoisotopic (exact) mass is 411 g/mol. The Kier molecular flexibility index (Phi) is 6.32. The Labute approximate surface area is 171 Å². The van der Waals surface area contributed by atoms with Crippen LogP contribution in [-0.4, -0.2) is 34.2 Å². The van der Waals surface area contributed by atoms with Crippen molar-refractivity contribution in [2.45, 2.75) is 31.8 Å². The molecule has 1 heterocycles. The number of amides is 1. The van der Waals surface area contributed by atoms with E-state index in [1.165, 1.54) is 25.3 Å². The summed E-state index contributed by atoms with van der Waals surface area (Å²) in [6, 6.07) is 4.89. The Hall–Kier alpha value is -3.87. The number of carbonyl (C=O) groups is 1. The average molecular weight is 411 g/mol. The molecule has 1 aliphatic rings. The van der Waals surface area contributed by atoms with Crippen LogP contribution < -0.4 is 16.4 Å². The van der Waals surface area contributed by atoms with E-state index in [-0.39, 0.29) is 22.8 Å². The number of halogens is 2. The minimum absolute atomic E-state index is 0.0513. The third kappa shape index (κ3) is 5.14. The second-order valence-corrected chi connectivity index (χ2v) is 6.67. The van der Waals surface area contributed by atoms with Gasteiger partial charge >= 0.3 is 0 Å². The van der Waals surface area contributed by atoms with E-state index in [1.807, 2.05) is 6.07 Å². The summed E-state index contributed by atoms with van der Waals surface area (Å²) in [5.74, 6) is -2.33. The quantitative estimate of drug-likeness (QED) is 0.601. The van der Waals surface area contributed by atoms with E-state index < -0.39 is 23.6 Å². The summed E-state index contributed by atoms with van der Waals surface area (Å²) in [5.41, 5.74) is 5.69. The SMILES string of the molecule is C[C@@H](C#N)NC(=O)c1ccc(-c2nc(NC(C=NC3CC3)=CN)ncc2F)cc1F. The number of allylic oxidation sites excluding steroid dienone is 1. The molecule has 0 bridgehead atoms. The van der Waals surface area contributed by atoms with Crippen molar-refractivity contribution in [3.05, 3.63) is 53.5 Å². The lowest BCUT2D eigenvalue weighted by Crippen LogP contribution is -2.31. The molecule has 0 unspecified atom stereocenters. The van der Waals surface area contributed by atoms with Gasteiger partial charge in [0.25, 0.3) is 5.91 Å². The normalized spacial score (nSPS) is 14.9. The lowest BCUT2D eigenvalue weighted by molar-refractivity contribution is 0.0944. The van der Waals surface area contributed by atoms with E-state index in [0.717, 1.165) is 25.1 Å². The molecule has 1 amide bonds. The predicted molar refractivity (Wildman–Crippen MR) is 107 cm³/mol. The summed E-state index contributed by atoms with van der Waals surface area (Å²) >= 11 is 0. The van der Waals surface area contributed by atoms with E-state index in [2.05, 4.69) is 25.6 Å². The maximum Gasteiger partial charge on any atom is 0.255 e. The molecule has 1 saturated carbocycles. The molecule has 3 rings (SSSR count). The molecule has 0 aliphatic heterocycles. The minimum Gasteiger partial charge on any atom is -0.403 e. The van der Waals surface area contributed by atoms with Gasteiger partial charge in [-0.05, 0) is 31.9 Å². The number of nitrogens with two attached hydrogens (primary N) is 1. The van der Waals surface area contributed by atoms with Crippen LogP contribution in [0, 0.1) is 23.0 Å². The third-order valence-corrected chi connectivity index (χ3v) is 4.18. The highest BCUT2D eigenvalue weighted by Gasteiger charge is 2.19. The summed E-state index contributed by atoms with van der Waals surface area (Å²) in [6.07, 6.45) is 5.85. The topological polar surface area (TPSA) is 129 Å². The van der Waals surface area contributed by atoms with Gasteiger partial charge < -0.3 is 16.4 Å². The average Bonchev–Trinajstić information content (AvgIpc) is 3.56. The molecule has 2 aromatic rings. The van der Waals surface area contributed by atoms with Crippen molar-refractivity contribution in [1.29, 1.82) is 5.26 Å². The molecule has 0 saturated heterocycles. The van der Waals surface area contributed by atoms with Gasteiger partial charge in [-0.2, -0.15) is 5.26 Å². The Morgan fingerprint density at radius 1 is 1.40 bits per heavy atom. The van der Waals surface area contributed by atoms with Crippen LogP contribution in [0.25, 0.3) is 11.3 Å². The largest absolute Gasteiger partial charge is 0.403 e. The highest BCUT2D eigenvalue weighted by Crippen LogP contribution is 2.25. The lowest BCUT2D eigenvalue weighted by Gasteiger charge is -2.10. The number of rotatable bonds is 7. The number of aliphatic imine (C=N–C) groups is 1. The van der Waals surface area contributed by atoms with Crippen molar-refractivity contribution in [2.24, 2.45) is 10.7 Å². The van der Waals surface area contributed by atoms with Crippen LogP contribution in [0.2, 0.25) is 0 Å². The smallest absolute Gasteiger partial charge is 0.255 e. The van der Waals surface area contributed by atoms with Gasteiger partial charge in [0.2, 0.25) is 5.95 Å². The number of carbonyl (C=O) groups excluding carboxylic acids is 1. The lowest BCUT2D eigenvalue weighted by atomic mass is 10.1. The number of hydrogen-bond donors (Lipinski definition) is 3. The molecule has 10 heteroatoms. The van der Waals surface area contributed by atoms with Crippen molar-refractivity contribution in [3.63, 3.8) is 0 Å². The molecule has 1 atom stereocenters. The van der Waals surface area contributed by atoms with Crippen LogP contribution in [0.5, 0.6) is 0 Å². The summed E-state index contributed by atoms with van der Waals surface area (Å²) in [6.45, 7) is 1.47. The van der Waals surface area contributed by atoms with Crippen molar-refractivity contribution < 1.29 is 13.6 Å². The van der Waals surface area contributed by atoms with Gasteiger partial charge in [-0.3, -0.25) is 9.79 Å². The van der Waals surface area contributed by atoms with Gasteiger partial charge in [0, 0.05) is 18.0 Å². The second kappa shape index (κ2) is 9.09. The summed E-state index contributed by atoms with van der Waals surface area (Å²) < 4.78 is 28.7. The summed E-state index contributed by atoms with van der Waals surface area (Å²) in [7, 11) is 0. The Morgan fingerprint density at radius 2 is 2.17 bits per heavy atom. The first-order valence-electron chi connectivity index (χ1n) is 9.16. The molecule has 8 nitrogen and oxygen atoms in total. The van der Waals surface area contributed by atoms with E-state index in [4.69, 9.17) is 11.0 Å². The fourth-order valence-corrected chi connectivity index (χ4v) is 2.44. The standard InChI is InChI=1S/C20H19F2N7O/c1-11(7-23)27-19(30)15-5-2-12(6-16(15)21)18-17(22)10-26-20(29-18)28-14(8-24)9-25-13-3-4-13/h2,5-6,8-11,13H,3-4,24H2,1H3,(H,27,30)(H,26,28,29)/t11-/m0/s1. The van der Waals surface area contributed by atoms with Crippen molar-refractivity contribution in [2.75, 3.05) is 5.32 Å². The zero-order valence-electron chi connectivity index (χ0n) is 16.1. The molecule has 1 aromatic carbocycles. The number of benzene rings is 1. The highest BCUT2D eigenvalue weighted by atomic mass is 19.1. The van der Waals surface area contributed by atoms with Crippen molar-refractivity contribution in [1.82, 2.24) is 15.3 Å². The fourth-order valence-electron chi connectivity index (χ4n) is 2.44. The van der Waals surface area contributed by atoms with Crippen molar-refractivity contribution in [3.8, 4) is 17.3 Å². The first-order chi connectivity index (χ1) is 14.4. The van der Waals surface area contributed by atoms with E-state index in [9.17, 15) is 13.6 Å². The molecular weight excluding hydrogens is 392 g/mol. The Bertz CT molecular complexity index is 1060. The molecular formula is C20H19F2N7O. The molecule has 0 radical (unpaired) electrons. The van der Waals surface area contributed by atoms with Crippen LogP contribution in [0.3, 0.4) is 0 Å². The second-order valence-electron chi connectivity index (χ2n) is 6.67. The molecule has 1 aliphatic carbocycles. The zero-order valence-corrected chi connectivity index (χ0v) is 16.1. The van der Waals surface area contributed by atoms with Gasteiger partial charge in [0.1, 0.15) is 17.6 Å². The van der Waals surface area contributed by atoms with Crippen LogP contribution >= 0.6 is 0 Å². The fraction of sp³-hybridized carbons (Fsp3) is 0.250. The summed E-state index contributed by atoms with van der Waals surface area (Å²) in [4.78, 5) is 24.3. The van der Waals surface area contributed by atoms with E-state index in [0.29, 0.717) is 11.7 Å². The van der Waals surface area contributed by atoms with Crippen LogP contribution in [0.1, 0.15) is 30.1 Å². The Balaban J connectivity index is 1.83. The third-order valence-electron chi connectivity index (χ3n) is 4.18. The number of nitrogens with zero attached hydrogens (tertiary/aromatic N) is 4. The molecule has 4 N–H and O–H groups in total. The maximum atomic E-state index is 14.5. The first-order valence-corrected chi connectivity index (χ1v) is 9.16. The number of anilines is 1. The zero-order chi connectivity index (χ0) is 21.7. The van der Waals surface area contributed by atoms with Gasteiger partial charge in [0.15, 0.2) is 5.82 Å². The van der Waals surface area contributed by atoms with E-state index >= 15 is 0 Å². The Morgan fingerprint density at radius 3 is 2.80 bits per heavy atom. The molecule has 0 spiro atoms. The number of aromatic nitrogens is 2. The van der Waals surface area contributed by atoms with Gasteiger partial charge in [-0.25, -0.2) is 18.7 Å². The maximum absolute atomic E-state index is 14.5. The summed E-state index contributed by atoms with van der Waals surface area (Å²) in [5, 5.41) is 13.9. The molecule has 30 heavy (non-hydrogen) atoms. The number of nitrogens with one attached hydrogen (secondary N) is 2. The molecule has 154 valence electrons. The van der Waals surface area contributed by atoms with E-state index in [1.54, 1.807) is 6.21 Å². The minimum atomic E-state index is -0.873. The molecule has 1 aromatic heterocycles. The van der Waals surface area contributed by atoms with Gasteiger partial charge in [-0.1, -0.05) is 6.07 Å². The van der Waals surface area contributed by atoms with Crippen LogP contribution in [-0.2, 0) is 0 Å². The predicted octanol–water partition coefficient (Wildman–Crippen LogP) is 2.51.